The molecule has 25 heavy (non-hydrogen) atoms. The van der Waals surface area contributed by atoms with Gasteiger partial charge in [0.15, 0.2) is 5.13 Å². The van der Waals surface area contributed by atoms with Gasteiger partial charge in [-0.05, 0) is 18.9 Å². The van der Waals surface area contributed by atoms with Gasteiger partial charge in [-0.25, -0.2) is 4.98 Å². The Kier molecular flexibility index (Phi) is 5.03. The summed E-state index contributed by atoms with van der Waals surface area (Å²) in [5.74, 6) is 0.157. The summed E-state index contributed by atoms with van der Waals surface area (Å²) in [6.45, 7) is 3.56. The number of benzene rings is 1. The standard InChI is InChI=1S/C18H20ClN3O2S/c19-15-4-2-1-3-14(15)16-11-25-18(20-16)21-17(23)12-9-13(10-12)22-5-7-24-8-6-22/h1-4,11-13H,5-10H2,(H,20,21,23)/t12-,13+. The molecule has 4 rings (SSSR count). The van der Waals surface area contributed by atoms with Crippen LogP contribution in [0.2, 0.25) is 5.02 Å². The first-order chi connectivity index (χ1) is 12.2. The summed E-state index contributed by atoms with van der Waals surface area (Å²) in [5, 5.41) is 6.18. The normalized spacial score (nSPS) is 23.9. The maximum atomic E-state index is 12.4. The topological polar surface area (TPSA) is 54.5 Å². The lowest BCUT2D eigenvalue weighted by molar-refractivity contribution is -0.125. The minimum Gasteiger partial charge on any atom is -0.379 e. The van der Waals surface area contributed by atoms with Crippen LogP contribution < -0.4 is 5.32 Å². The number of hydrogen-bond acceptors (Lipinski definition) is 5. The van der Waals surface area contributed by atoms with Crippen LogP contribution in [0.5, 0.6) is 0 Å². The molecule has 1 aromatic carbocycles. The number of anilines is 1. The van der Waals surface area contributed by atoms with E-state index in [1.54, 1.807) is 0 Å². The van der Waals surface area contributed by atoms with E-state index in [9.17, 15) is 4.79 Å². The Labute approximate surface area is 156 Å². The minimum absolute atomic E-state index is 0.0737. The molecular formula is C18H20ClN3O2S. The molecule has 0 spiro atoms. The Morgan fingerprint density at radius 2 is 2.04 bits per heavy atom. The Balaban J connectivity index is 1.33. The minimum atomic E-state index is 0.0737. The van der Waals surface area contributed by atoms with Crippen molar-refractivity contribution in [2.45, 2.75) is 18.9 Å². The first kappa shape index (κ1) is 17.0. The van der Waals surface area contributed by atoms with Crippen LogP contribution in [0.3, 0.4) is 0 Å². The lowest BCUT2D eigenvalue weighted by atomic mass is 9.78. The van der Waals surface area contributed by atoms with Crippen LogP contribution in [-0.2, 0) is 9.53 Å². The predicted octanol–water partition coefficient (Wildman–Crippen LogP) is 3.51. The molecule has 5 nitrogen and oxygen atoms in total. The average Bonchev–Trinajstić information content (AvgIpc) is 3.03. The Morgan fingerprint density at radius 1 is 1.28 bits per heavy atom. The number of halogens is 1. The van der Waals surface area contributed by atoms with E-state index in [1.165, 1.54) is 11.3 Å². The van der Waals surface area contributed by atoms with Crippen LogP contribution in [0, 0.1) is 5.92 Å². The molecule has 0 radical (unpaired) electrons. The molecule has 1 saturated carbocycles. The summed E-state index contributed by atoms with van der Waals surface area (Å²) in [6, 6.07) is 8.12. The van der Waals surface area contributed by atoms with Gasteiger partial charge < -0.3 is 10.1 Å². The van der Waals surface area contributed by atoms with Crippen LogP contribution in [-0.4, -0.2) is 48.1 Å². The number of nitrogens with one attached hydrogen (secondary N) is 1. The number of ether oxygens (including phenoxy) is 1. The van der Waals surface area contributed by atoms with Crippen molar-refractivity contribution < 1.29 is 9.53 Å². The number of nitrogens with zero attached hydrogens (tertiary/aromatic N) is 2. The molecule has 1 amide bonds. The van der Waals surface area contributed by atoms with Crippen molar-refractivity contribution >= 4 is 34.0 Å². The molecule has 1 aromatic heterocycles. The van der Waals surface area contributed by atoms with Crippen molar-refractivity contribution in [3.8, 4) is 11.3 Å². The van der Waals surface area contributed by atoms with E-state index >= 15 is 0 Å². The van der Waals surface area contributed by atoms with Crippen LogP contribution in [0.15, 0.2) is 29.6 Å². The number of thiazole rings is 1. The van der Waals surface area contributed by atoms with Crippen molar-refractivity contribution in [1.82, 2.24) is 9.88 Å². The van der Waals surface area contributed by atoms with Crippen LogP contribution in [0.4, 0.5) is 5.13 Å². The first-order valence-corrected chi connectivity index (χ1v) is 9.79. The second-order valence-corrected chi connectivity index (χ2v) is 7.74. The number of rotatable bonds is 4. The third kappa shape index (κ3) is 3.72. The highest BCUT2D eigenvalue weighted by molar-refractivity contribution is 7.14. The summed E-state index contributed by atoms with van der Waals surface area (Å²) in [4.78, 5) is 19.4. The van der Waals surface area contributed by atoms with E-state index in [4.69, 9.17) is 16.3 Å². The monoisotopic (exact) mass is 377 g/mol. The highest BCUT2D eigenvalue weighted by Crippen LogP contribution is 2.34. The molecule has 1 saturated heterocycles. The molecule has 2 heterocycles. The Bertz CT molecular complexity index is 754. The maximum Gasteiger partial charge on any atom is 0.229 e. The Hall–Kier alpha value is -1.47. The summed E-state index contributed by atoms with van der Waals surface area (Å²) in [6.07, 6.45) is 1.85. The second-order valence-electron chi connectivity index (χ2n) is 6.48. The van der Waals surface area contributed by atoms with Gasteiger partial charge in [0.05, 0.1) is 18.9 Å². The van der Waals surface area contributed by atoms with Gasteiger partial charge >= 0.3 is 0 Å². The molecule has 7 heteroatoms. The molecule has 2 aliphatic rings. The molecule has 2 aromatic rings. The van der Waals surface area contributed by atoms with E-state index in [-0.39, 0.29) is 11.8 Å². The molecule has 2 fully saturated rings. The molecule has 0 atom stereocenters. The molecule has 1 aliphatic carbocycles. The van der Waals surface area contributed by atoms with Gasteiger partial charge in [0.1, 0.15) is 0 Å². The van der Waals surface area contributed by atoms with E-state index < -0.39 is 0 Å². The van der Waals surface area contributed by atoms with Gasteiger partial charge in [0, 0.05) is 41.0 Å². The number of amides is 1. The molecule has 0 unspecified atom stereocenters. The highest BCUT2D eigenvalue weighted by Gasteiger charge is 2.38. The average molecular weight is 378 g/mol. The zero-order valence-corrected chi connectivity index (χ0v) is 15.4. The first-order valence-electron chi connectivity index (χ1n) is 8.54. The smallest absolute Gasteiger partial charge is 0.229 e. The van der Waals surface area contributed by atoms with Gasteiger partial charge in [-0.1, -0.05) is 29.8 Å². The predicted molar refractivity (Wildman–Crippen MR) is 100 cm³/mol. The fourth-order valence-electron chi connectivity index (χ4n) is 3.37. The number of carbonyl (C=O) groups is 1. The summed E-state index contributed by atoms with van der Waals surface area (Å²) in [5.41, 5.74) is 1.68. The van der Waals surface area contributed by atoms with Gasteiger partial charge in [-0.15, -0.1) is 11.3 Å². The van der Waals surface area contributed by atoms with Crippen molar-refractivity contribution in [3.05, 3.63) is 34.7 Å². The lowest BCUT2D eigenvalue weighted by Crippen LogP contribution is -2.51. The van der Waals surface area contributed by atoms with E-state index in [2.05, 4.69) is 15.2 Å². The fraction of sp³-hybridized carbons (Fsp3) is 0.444. The summed E-state index contributed by atoms with van der Waals surface area (Å²) >= 11 is 7.64. The zero-order chi connectivity index (χ0) is 17.2. The van der Waals surface area contributed by atoms with E-state index in [0.29, 0.717) is 16.2 Å². The summed E-state index contributed by atoms with van der Waals surface area (Å²) in [7, 11) is 0. The maximum absolute atomic E-state index is 12.4. The molecule has 1 N–H and O–H groups in total. The zero-order valence-electron chi connectivity index (χ0n) is 13.8. The number of morpholine rings is 1. The molecular weight excluding hydrogens is 358 g/mol. The van der Waals surface area contributed by atoms with Gasteiger partial charge in [-0.3, -0.25) is 9.69 Å². The number of carbonyl (C=O) groups excluding carboxylic acids is 1. The summed E-state index contributed by atoms with van der Waals surface area (Å²) < 4.78 is 5.38. The molecule has 0 bridgehead atoms. The Morgan fingerprint density at radius 3 is 2.80 bits per heavy atom. The van der Waals surface area contributed by atoms with Gasteiger partial charge in [0.25, 0.3) is 0 Å². The largest absolute Gasteiger partial charge is 0.379 e. The van der Waals surface area contributed by atoms with Crippen molar-refractivity contribution in [3.63, 3.8) is 0 Å². The van der Waals surface area contributed by atoms with Crippen LogP contribution in [0.1, 0.15) is 12.8 Å². The van der Waals surface area contributed by atoms with E-state index in [0.717, 1.165) is 50.4 Å². The van der Waals surface area contributed by atoms with Crippen molar-refractivity contribution in [1.29, 1.82) is 0 Å². The third-order valence-corrected chi connectivity index (χ3v) is 6.02. The van der Waals surface area contributed by atoms with Crippen LogP contribution >= 0.6 is 22.9 Å². The quantitative estimate of drug-likeness (QED) is 0.885. The van der Waals surface area contributed by atoms with Crippen molar-refractivity contribution in [2.75, 3.05) is 31.6 Å². The lowest BCUT2D eigenvalue weighted by Gasteiger charge is -2.43. The number of hydrogen-bond donors (Lipinski definition) is 1. The molecule has 1 aliphatic heterocycles. The highest BCUT2D eigenvalue weighted by atomic mass is 35.5. The van der Waals surface area contributed by atoms with Crippen LogP contribution in [0.25, 0.3) is 11.3 Å². The van der Waals surface area contributed by atoms with Gasteiger partial charge in [0.2, 0.25) is 5.91 Å². The molecule has 132 valence electrons. The van der Waals surface area contributed by atoms with Crippen molar-refractivity contribution in [2.24, 2.45) is 5.92 Å². The number of aromatic nitrogens is 1. The fourth-order valence-corrected chi connectivity index (χ4v) is 4.32. The SMILES string of the molecule is O=C(Nc1nc(-c2ccccc2Cl)cs1)[C@H]1C[C@@H](N2CCOCC2)C1. The van der Waals surface area contributed by atoms with E-state index in [1.807, 2.05) is 29.6 Å². The van der Waals surface area contributed by atoms with Gasteiger partial charge in [-0.2, -0.15) is 0 Å². The second kappa shape index (κ2) is 7.41. The third-order valence-electron chi connectivity index (χ3n) is 4.93.